The van der Waals surface area contributed by atoms with E-state index in [1.54, 1.807) is 16.2 Å². The lowest BCUT2D eigenvalue weighted by molar-refractivity contribution is -0.623. The van der Waals surface area contributed by atoms with Crippen LogP contribution < -0.4 is 0 Å². The minimum absolute atomic E-state index is 0.0208. The minimum Gasteiger partial charge on any atom is -0.288 e. The van der Waals surface area contributed by atoms with E-state index in [4.69, 9.17) is 0 Å². The summed E-state index contributed by atoms with van der Waals surface area (Å²) in [4.78, 5) is 42.7. The summed E-state index contributed by atoms with van der Waals surface area (Å²) in [5, 5.41) is 26.0. The van der Waals surface area contributed by atoms with Crippen molar-refractivity contribution < 1.29 is 14.6 Å². The largest absolute Gasteiger partial charge is 0.304 e. The molecule has 0 N–H and O–H groups in total. The van der Waals surface area contributed by atoms with Gasteiger partial charge in [0.2, 0.25) is 0 Å². The number of thiophene rings is 1. The van der Waals surface area contributed by atoms with Crippen molar-refractivity contribution in [2.24, 2.45) is 0 Å². The molecule has 9 nitrogen and oxygen atoms in total. The summed E-state index contributed by atoms with van der Waals surface area (Å²) in [6.45, 7) is 0.289. The molecule has 0 saturated carbocycles. The Kier molecular flexibility index (Phi) is 4.04. The highest BCUT2D eigenvalue weighted by atomic mass is 32.1. The fourth-order valence-electron chi connectivity index (χ4n) is 4.21. The number of likely N-dealkylation sites (tertiary alicyclic amines) is 1. The second kappa shape index (κ2) is 6.17. The molecule has 10 heteroatoms. The zero-order chi connectivity index (χ0) is 19.2. The van der Waals surface area contributed by atoms with Crippen LogP contribution >= 0.6 is 11.3 Å². The number of carbonyl (C=O) groups excluding carboxylic acids is 1. The van der Waals surface area contributed by atoms with Gasteiger partial charge in [-0.25, -0.2) is 0 Å². The van der Waals surface area contributed by atoms with Crippen LogP contribution in [0.4, 0.5) is 0 Å². The third-order valence-corrected chi connectivity index (χ3v) is 6.39. The van der Waals surface area contributed by atoms with E-state index in [2.05, 4.69) is 4.98 Å². The van der Waals surface area contributed by atoms with Gasteiger partial charge in [0.15, 0.2) is 0 Å². The van der Waals surface area contributed by atoms with E-state index in [0.717, 1.165) is 4.88 Å². The third-order valence-electron chi connectivity index (χ3n) is 5.46. The van der Waals surface area contributed by atoms with E-state index < -0.39 is 33.1 Å². The van der Waals surface area contributed by atoms with Gasteiger partial charge in [0.1, 0.15) is 12.1 Å². The predicted molar refractivity (Wildman–Crippen MR) is 96.0 cm³/mol. The van der Waals surface area contributed by atoms with Gasteiger partial charge in [-0.3, -0.25) is 34.9 Å². The number of pyridine rings is 1. The van der Waals surface area contributed by atoms with Crippen LogP contribution in [0.2, 0.25) is 0 Å². The molecular formula is C17H16N4O5S. The Hall–Kier alpha value is -2.72. The average Bonchev–Trinajstić information content (AvgIpc) is 3.18. The van der Waals surface area contributed by atoms with E-state index in [-0.39, 0.29) is 24.3 Å². The Balaban J connectivity index is 1.79. The molecule has 1 saturated heterocycles. The first-order chi connectivity index (χ1) is 12.9. The summed E-state index contributed by atoms with van der Waals surface area (Å²) < 4.78 is 0. The Morgan fingerprint density at radius 2 is 1.89 bits per heavy atom. The highest BCUT2D eigenvalue weighted by Gasteiger charge is 2.71. The maximum absolute atomic E-state index is 13.0. The van der Waals surface area contributed by atoms with Gasteiger partial charge in [-0.2, -0.15) is 0 Å². The number of hydrogen-bond donors (Lipinski definition) is 0. The molecule has 0 spiro atoms. The smallest absolute Gasteiger partial charge is 0.288 e. The molecule has 2 aromatic heterocycles. The molecule has 4 rings (SSSR count). The van der Waals surface area contributed by atoms with E-state index >= 15 is 0 Å². The summed E-state index contributed by atoms with van der Waals surface area (Å²) in [7, 11) is 0. The first-order valence-electron chi connectivity index (χ1n) is 8.43. The maximum atomic E-state index is 13.0. The highest BCUT2D eigenvalue weighted by molar-refractivity contribution is 7.09. The van der Waals surface area contributed by atoms with Crippen molar-refractivity contribution in [3.05, 3.63) is 72.2 Å². The quantitative estimate of drug-likeness (QED) is 0.565. The SMILES string of the molecule is O=C1c2ncccc2C2([N+](=O)[O-])CN(CCc3cccs3)CC1([N+](=O)[O-])C2. The zero-order valence-corrected chi connectivity index (χ0v) is 15.1. The van der Waals surface area contributed by atoms with Gasteiger partial charge in [0.05, 0.1) is 18.7 Å². The van der Waals surface area contributed by atoms with Gasteiger partial charge >= 0.3 is 5.54 Å². The fraction of sp³-hybridized carbons (Fsp3) is 0.412. The Labute approximate surface area is 157 Å². The summed E-state index contributed by atoms with van der Waals surface area (Å²) in [6.07, 6.45) is 1.52. The van der Waals surface area contributed by atoms with Crippen molar-refractivity contribution in [1.29, 1.82) is 0 Å². The second-order valence-corrected chi connectivity index (χ2v) is 8.06. The van der Waals surface area contributed by atoms with E-state index in [9.17, 15) is 25.0 Å². The number of piperidine rings is 1. The fourth-order valence-corrected chi connectivity index (χ4v) is 4.91. The van der Waals surface area contributed by atoms with Crippen LogP contribution in [0.5, 0.6) is 0 Å². The van der Waals surface area contributed by atoms with Gasteiger partial charge < -0.3 is 0 Å². The first kappa shape index (κ1) is 17.7. The van der Waals surface area contributed by atoms with Gasteiger partial charge in [0.25, 0.3) is 11.3 Å². The van der Waals surface area contributed by atoms with Gasteiger partial charge in [-0.1, -0.05) is 6.07 Å². The number of nitro groups is 2. The molecule has 0 amide bonds. The van der Waals surface area contributed by atoms with Crippen LogP contribution in [0.25, 0.3) is 0 Å². The van der Waals surface area contributed by atoms with Crippen LogP contribution in [0, 0.1) is 20.2 Å². The molecule has 3 heterocycles. The minimum atomic E-state index is -2.04. The molecular weight excluding hydrogens is 372 g/mol. The molecule has 2 unspecified atom stereocenters. The number of rotatable bonds is 5. The van der Waals surface area contributed by atoms with E-state index in [1.165, 1.54) is 18.3 Å². The Morgan fingerprint density at radius 3 is 2.56 bits per heavy atom. The third kappa shape index (κ3) is 2.55. The molecule has 1 aliphatic heterocycles. The van der Waals surface area contributed by atoms with E-state index in [0.29, 0.717) is 13.0 Å². The summed E-state index contributed by atoms with van der Waals surface area (Å²) in [5.41, 5.74) is -3.71. The molecule has 2 atom stereocenters. The second-order valence-electron chi connectivity index (χ2n) is 7.02. The first-order valence-corrected chi connectivity index (χ1v) is 9.31. The summed E-state index contributed by atoms with van der Waals surface area (Å²) >= 11 is 1.56. The Bertz CT molecular complexity index is 933. The normalized spacial score (nSPS) is 27.2. The number of ketones is 1. The number of hydrogen-bond acceptors (Lipinski definition) is 8. The van der Waals surface area contributed by atoms with Gasteiger partial charge in [-0.15, -0.1) is 11.3 Å². The Morgan fingerprint density at radius 1 is 1.15 bits per heavy atom. The van der Waals surface area contributed by atoms with Crippen LogP contribution in [0.3, 0.4) is 0 Å². The molecule has 1 fully saturated rings. The van der Waals surface area contributed by atoms with Crippen molar-refractivity contribution in [2.45, 2.75) is 23.9 Å². The molecule has 2 aliphatic rings. The van der Waals surface area contributed by atoms with E-state index in [1.807, 2.05) is 17.5 Å². The maximum Gasteiger partial charge on any atom is 0.304 e. The topological polar surface area (TPSA) is 119 Å². The monoisotopic (exact) mass is 388 g/mol. The lowest BCUT2D eigenvalue weighted by Crippen LogP contribution is -2.69. The molecule has 0 radical (unpaired) electrons. The molecule has 2 aromatic rings. The lowest BCUT2D eigenvalue weighted by Gasteiger charge is -2.45. The number of aromatic nitrogens is 1. The van der Waals surface area contributed by atoms with Crippen molar-refractivity contribution in [2.75, 3.05) is 19.6 Å². The number of fused-ring (bicyclic) bond motifs is 4. The van der Waals surface area contributed by atoms with Crippen molar-refractivity contribution in [3.8, 4) is 0 Å². The number of carbonyl (C=O) groups is 1. The highest BCUT2D eigenvalue weighted by Crippen LogP contribution is 2.47. The van der Waals surface area contributed by atoms with Crippen LogP contribution in [-0.2, 0) is 12.0 Å². The van der Waals surface area contributed by atoms with Gasteiger partial charge in [-0.05, 0) is 30.0 Å². The zero-order valence-electron chi connectivity index (χ0n) is 14.2. The van der Waals surface area contributed by atoms with Crippen molar-refractivity contribution in [3.63, 3.8) is 0 Å². The molecule has 2 bridgehead atoms. The van der Waals surface area contributed by atoms with Crippen LogP contribution in [0.15, 0.2) is 35.8 Å². The van der Waals surface area contributed by atoms with Gasteiger partial charge in [0, 0.05) is 27.5 Å². The number of Topliss-reactive ketones (excluding diaryl/α,β-unsaturated/α-hetero) is 1. The number of nitrogens with zero attached hydrogens (tertiary/aromatic N) is 4. The summed E-state index contributed by atoms with van der Waals surface area (Å²) in [5.74, 6) is -0.735. The summed E-state index contributed by atoms with van der Waals surface area (Å²) in [6, 6.07) is 6.89. The molecule has 0 aromatic carbocycles. The molecule has 1 aliphatic carbocycles. The molecule has 140 valence electrons. The van der Waals surface area contributed by atoms with Crippen molar-refractivity contribution >= 4 is 17.1 Å². The predicted octanol–water partition coefficient (Wildman–Crippen LogP) is 1.78. The standard InChI is InChI=1S/C17H16N4O5S/c22-15-14-13(4-1-6-18-14)16(20(23)24)9-17(15,21(25)26)11-19(10-16)7-5-12-3-2-8-27-12/h1-4,6,8H,5,7,9-11H2. The van der Waals surface area contributed by atoms with Crippen LogP contribution in [-0.4, -0.2) is 50.7 Å². The van der Waals surface area contributed by atoms with Crippen molar-refractivity contribution in [1.82, 2.24) is 9.88 Å². The molecule has 27 heavy (non-hydrogen) atoms. The average molecular weight is 388 g/mol. The lowest BCUT2D eigenvalue weighted by atomic mass is 9.66. The van der Waals surface area contributed by atoms with Crippen LogP contribution in [0.1, 0.15) is 27.3 Å².